The number of hydrogen-bond acceptors (Lipinski definition) is 6. The molecule has 0 fully saturated rings. The zero-order valence-electron chi connectivity index (χ0n) is 16.3. The third-order valence-electron chi connectivity index (χ3n) is 4.26. The van der Waals surface area contributed by atoms with Crippen LogP contribution in [-0.2, 0) is 16.4 Å². The quantitative estimate of drug-likeness (QED) is 0.712. The largest absolute Gasteiger partial charge is 0.496 e. The van der Waals surface area contributed by atoms with Crippen LogP contribution in [0.25, 0.3) is 0 Å². The Morgan fingerprint density at radius 2 is 1.57 bits per heavy atom. The predicted octanol–water partition coefficient (Wildman–Crippen LogP) is 1.67. The van der Waals surface area contributed by atoms with Gasteiger partial charge in [-0.15, -0.1) is 0 Å². The average Bonchev–Trinajstić information content (AvgIpc) is 2.69. The van der Waals surface area contributed by atoms with E-state index in [0.29, 0.717) is 24.5 Å². The van der Waals surface area contributed by atoms with E-state index in [-0.39, 0.29) is 22.1 Å². The van der Waals surface area contributed by atoms with E-state index in [2.05, 4.69) is 0 Å². The van der Waals surface area contributed by atoms with Crippen molar-refractivity contribution in [2.75, 3.05) is 34.9 Å². The van der Waals surface area contributed by atoms with Crippen LogP contribution in [0.2, 0.25) is 0 Å². The third-order valence-corrected chi connectivity index (χ3v) is 5.17. The highest BCUT2D eigenvalue weighted by Gasteiger charge is 2.20. The number of nitrogens with two attached hydrogens (primary N) is 1. The van der Waals surface area contributed by atoms with Gasteiger partial charge in [0.2, 0.25) is 10.0 Å². The molecule has 0 aromatic heterocycles. The van der Waals surface area contributed by atoms with Crippen molar-refractivity contribution in [2.24, 2.45) is 5.14 Å². The molecule has 0 saturated carbocycles. The lowest BCUT2D eigenvalue weighted by molar-refractivity contribution is 0.0793. The molecule has 0 aliphatic carbocycles. The Bertz CT molecular complexity index is 959. The van der Waals surface area contributed by atoms with Gasteiger partial charge in [0.25, 0.3) is 5.91 Å². The van der Waals surface area contributed by atoms with E-state index in [4.69, 9.17) is 19.3 Å². The minimum absolute atomic E-state index is 0.129. The lowest BCUT2D eigenvalue weighted by atomic mass is 10.1. The number of likely N-dealkylation sites (N-methyl/N-ethyl adjacent to an activating group) is 1. The molecule has 0 unspecified atom stereocenters. The fourth-order valence-electron chi connectivity index (χ4n) is 2.67. The van der Waals surface area contributed by atoms with Crippen molar-refractivity contribution in [3.8, 4) is 17.2 Å². The Kier molecular flexibility index (Phi) is 6.87. The van der Waals surface area contributed by atoms with Crippen LogP contribution in [0.15, 0.2) is 41.3 Å². The van der Waals surface area contributed by atoms with E-state index in [9.17, 15) is 13.2 Å². The van der Waals surface area contributed by atoms with Gasteiger partial charge in [-0.1, -0.05) is 6.07 Å². The molecule has 0 aliphatic rings. The first-order valence-electron chi connectivity index (χ1n) is 8.38. The summed E-state index contributed by atoms with van der Waals surface area (Å²) >= 11 is 0. The van der Waals surface area contributed by atoms with Crippen molar-refractivity contribution in [3.63, 3.8) is 0 Å². The second kappa shape index (κ2) is 8.94. The van der Waals surface area contributed by atoms with Crippen molar-refractivity contribution >= 4 is 15.9 Å². The number of carbonyl (C=O) groups is 1. The number of carbonyl (C=O) groups excluding carboxylic acids is 1. The van der Waals surface area contributed by atoms with Gasteiger partial charge in [0, 0.05) is 13.6 Å². The topological polar surface area (TPSA) is 108 Å². The summed E-state index contributed by atoms with van der Waals surface area (Å²) in [6.07, 6.45) is 0.569. The molecule has 152 valence electrons. The van der Waals surface area contributed by atoms with Gasteiger partial charge in [-0.25, -0.2) is 13.6 Å². The van der Waals surface area contributed by atoms with Crippen molar-refractivity contribution < 1.29 is 27.4 Å². The molecule has 0 spiro atoms. The number of methoxy groups -OCH3 is 3. The molecular formula is C19H24N2O6S. The maximum atomic E-state index is 12.8. The Morgan fingerprint density at radius 1 is 0.964 bits per heavy atom. The highest BCUT2D eigenvalue weighted by atomic mass is 32.2. The van der Waals surface area contributed by atoms with Crippen molar-refractivity contribution in [2.45, 2.75) is 11.3 Å². The summed E-state index contributed by atoms with van der Waals surface area (Å²) in [7, 11) is 2.23. The normalized spacial score (nSPS) is 11.0. The van der Waals surface area contributed by atoms with Crippen LogP contribution < -0.4 is 19.3 Å². The van der Waals surface area contributed by atoms with E-state index >= 15 is 0 Å². The summed E-state index contributed by atoms with van der Waals surface area (Å²) in [4.78, 5) is 14.2. The molecule has 9 heteroatoms. The molecule has 28 heavy (non-hydrogen) atoms. The zero-order valence-corrected chi connectivity index (χ0v) is 17.1. The fraction of sp³-hybridized carbons (Fsp3) is 0.316. The molecule has 0 radical (unpaired) electrons. The van der Waals surface area contributed by atoms with Gasteiger partial charge in [-0.2, -0.15) is 0 Å². The Hall–Kier alpha value is -2.78. The smallest absolute Gasteiger partial charge is 0.257 e. The molecule has 0 saturated heterocycles. The molecule has 0 aliphatic heterocycles. The maximum Gasteiger partial charge on any atom is 0.257 e. The van der Waals surface area contributed by atoms with E-state index in [1.54, 1.807) is 27.3 Å². The highest BCUT2D eigenvalue weighted by Crippen LogP contribution is 2.28. The number of rotatable bonds is 8. The molecule has 2 aromatic rings. The number of nitrogens with zero attached hydrogens (tertiary/aromatic N) is 1. The maximum absolute atomic E-state index is 12.8. The minimum Gasteiger partial charge on any atom is -0.496 e. The monoisotopic (exact) mass is 408 g/mol. The number of sulfonamides is 1. The summed E-state index contributed by atoms with van der Waals surface area (Å²) in [5, 5.41) is 5.16. The fourth-order valence-corrected chi connectivity index (χ4v) is 3.21. The van der Waals surface area contributed by atoms with Crippen molar-refractivity contribution in [1.82, 2.24) is 4.90 Å². The molecule has 2 aromatic carbocycles. The minimum atomic E-state index is -3.93. The standard InChI is InChI=1S/C19H24N2O6S/c1-21(10-9-13-5-7-17(26-3)18(11-13)27-4)19(22)15-12-14(28(20,23)24)6-8-16(15)25-2/h5-8,11-12H,9-10H2,1-4H3,(H2,20,23,24). The number of benzene rings is 2. The van der Waals surface area contributed by atoms with Crippen LogP contribution >= 0.6 is 0 Å². The first kappa shape index (κ1) is 21.5. The molecule has 8 nitrogen and oxygen atoms in total. The summed E-state index contributed by atoms with van der Waals surface area (Å²) in [6, 6.07) is 9.48. The van der Waals surface area contributed by atoms with Gasteiger partial charge in [0.15, 0.2) is 11.5 Å². The molecule has 0 atom stereocenters. The van der Waals surface area contributed by atoms with Gasteiger partial charge in [0.1, 0.15) is 5.75 Å². The first-order valence-corrected chi connectivity index (χ1v) is 9.93. The Balaban J connectivity index is 2.19. The van der Waals surface area contributed by atoms with Gasteiger partial charge in [-0.05, 0) is 42.3 Å². The summed E-state index contributed by atoms with van der Waals surface area (Å²) < 4.78 is 38.9. The average molecular weight is 408 g/mol. The molecular weight excluding hydrogens is 384 g/mol. The van der Waals surface area contributed by atoms with E-state index in [0.717, 1.165) is 5.56 Å². The van der Waals surface area contributed by atoms with Crippen LogP contribution in [0.5, 0.6) is 17.2 Å². The second-order valence-corrected chi connectivity index (χ2v) is 7.63. The summed E-state index contributed by atoms with van der Waals surface area (Å²) in [6.45, 7) is 0.400. The lowest BCUT2D eigenvalue weighted by Crippen LogP contribution is -2.29. The lowest BCUT2D eigenvalue weighted by Gasteiger charge is -2.19. The molecule has 2 N–H and O–H groups in total. The van der Waals surface area contributed by atoms with E-state index < -0.39 is 10.0 Å². The Morgan fingerprint density at radius 3 is 2.14 bits per heavy atom. The number of primary sulfonamides is 1. The summed E-state index contributed by atoms with van der Waals surface area (Å²) in [5.74, 6) is 1.13. The Labute approximate surface area is 164 Å². The molecule has 2 rings (SSSR count). The highest BCUT2D eigenvalue weighted by molar-refractivity contribution is 7.89. The summed E-state index contributed by atoms with van der Waals surface area (Å²) in [5.41, 5.74) is 1.09. The third kappa shape index (κ3) is 4.93. The van der Waals surface area contributed by atoms with Crippen molar-refractivity contribution in [3.05, 3.63) is 47.5 Å². The first-order chi connectivity index (χ1) is 13.2. The second-order valence-electron chi connectivity index (χ2n) is 6.07. The van der Waals surface area contributed by atoms with Crippen molar-refractivity contribution in [1.29, 1.82) is 0 Å². The van der Waals surface area contributed by atoms with E-state index in [1.165, 1.54) is 30.2 Å². The van der Waals surface area contributed by atoms with Gasteiger partial charge in [0.05, 0.1) is 31.8 Å². The SMILES string of the molecule is COc1ccc(CCN(C)C(=O)c2cc(S(N)(=O)=O)ccc2OC)cc1OC. The van der Waals surface area contributed by atoms with Crippen LogP contribution in [-0.4, -0.2) is 54.1 Å². The predicted molar refractivity (Wildman–Crippen MR) is 105 cm³/mol. The van der Waals surface area contributed by atoms with Crippen LogP contribution in [0, 0.1) is 0 Å². The zero-order chi connectivity index (χ0) is 20.9. The molecule has 1 amide bonds. The number of amides is 1. The van der Waals surface area contributed by atoms with Gasteiger partial charge >= 0.3 is 0 Å². The number of hydrogen-bond donors (Lipinski definition) is 1. The molecule has 0 bridgehead atoms. The number of ether oxygens (including phenoxy) is 3. The van der Waals surface area contributed by atoms with Crippen LogP contribution in [0.4, 0.5) is 0 Å². The van der Waals surface area contributed by atoms with Gasteiger partial charge < -0.3 is 19.1 Å². The van der Waals surface area contributed by atoms with Crippen LogP contribution in [0.3, 0.4) is 0 Å². The van der Waals surface area contributed by atoms with Gasteiger partial charge in [-0.3, -0.25) is 4.79 Å². The van der Waals surface area contributed by atoms with Crippen LogP contribution in [0.1, 0.15) is 15.9 Å². The van der Waals surface area contributed by atoms with E-state index in [1.807, 2.05) is 12.1 Å². The molecule has 0 heterocycles.